The largest absolute Gasteiger partial charge is 0.394 e. The van der Waals surface area contributed by atoms with E-state index >= 15 is 0 Å². The van der Waals surface area contributed by atoms with Crippen molar-refractivity contribution in [3.8, 4) is 0 Å². The molecule has 0 bridgehead atoms. The highest BCUT2D eigenvalue weighted by molar-refractivity contribution is 7.98. The number of amides is 1. The summed E-state index contributed by atoms with van der Waals surface area (Å²) in [5.74, 6) is 0.635. The number of hydrogen-bond donors (Lipinski definition) is 3. The second kappa shape index (κ2) is 8.13. The Morgan fingerprint density at radius 2 is 2.11 bits per heavy atom. The number of aliphatic hydroxyl groups excluding tert-OH is 1. The molecule has 1 amide bonds. The zero-order valence-electron chi connectivity index (χ0n) is 10.5. The Morgan fingerprint density at radius 3 is 2.67 bits per heavy atom. The number of carbonyl (C=O) groups excluding carboxylic acids is 1. The van der Waals surface area contributed by atoms with Crippen LogP contribution in [0.25, 0.3) is 0 Å². The van der Waals surface area contributed by atoms with Crippen molar-refractivity contribution in [2.45, 2.75) is 18.5 Å². The van der Waals surface area contributed by atoms with Gasteiger partial charge in [-0.15, -0.1) is 0 Å². The molecule has 1 rings (SSSR count). The molecule has 4 N–H and O–H groups in total. The SMILES string of the molecule is CSCC[C@H](N)C(=O)N[C@@H](CO)c1ccccc1. The number of carbonyl (C=O) groups is 1. The molecule has 0 saturated carbocycles. The predicted octanol–water partition coefficient (Wildman–Crippen LogP) is 0.917. The van der Waals surface area contributed by atoms with E-state index in [4.69, 9.17) is 5.73 Å². The predicted molar refractivity (Wildman–Crippen MR) is 75.4 cm³/mol. The highest BCUT2D eigenvalue weighted by Gasteiger charge is 2.18. The molecule has 100 valence electrons. The molecular weight excluding hydrogens is 248 g/mol. The van der Waals surface area contributed by atoms with Crippen molar-refractivity contribution in [3.63, 3.8) is 0 Å². The first kappa shape index (κ1) is 15.0. The number of rotatable bonds is 7. The van der Waals surface area contributed by atoms with E-state index in [0.29, 0.717) is 6.42 Å². The Kier molecular flexibility index (Phi) is 6.78. The minimum absolute atomic E-state index is 0.134. The Labute approximate surface area is 112 Å². The average Bonchev–Trinajstić information content (AvgIpc) is 2.42. The molecule has 0 radical (unpaired) electrons. The number of thioether (sulfide) groups is 1. The first-order valence-corrected chi connectivity index (χ1v) is 7.29. The Hall–Kier alpha value is -1.04. The van der Waals surface area contributed by atoms with Gasteiger partial charge in [0.1, 0.15) is 0 Å². The minimum Gasteiger partial charge on any atom is -0.394 e. The molecule has 5 heteroatoms. The summed E-state index contributed by atoms with van der Waals surface area (Å²) in [6, 6.07) is 8.47. The maximum atomic E-state index is 11.8. The molecule has 0 aliphatic rings. The van der Waals surface area contributed by atoms with E-state index in [1.165, 1.54) is 0 Å². The molecular formula is C13H20N2O2S. The van der Waals surface area contributed by atoms with Gasteiger partial charge in [-0.05, 0) is 24.0 Å². The molecule has 0 saturated heterocycles. The van der Waals surface area contributed by atoms with Crippen LogP contribution >= 0.6 is 11.8 Å². The minimum atomic E-state index is -0.518. The normalized spacial score (nSPS) is 13.9. The van der Waals surface area contributed by atoms with E-state index in [0.717, 1.165) is 11.3 Å². The van der Waals surface area contributed by atoms with E-state index in [-0.39, 0.29) is 18.6 Å². The zero-order valence-corrected chi connectivity index (χ0v) is 11.3. The summed E-state index contributed by atoms with van der Waals surface area (Å²) in [5.41, 5.74) is 6.66. The summed E-state index contributed by atoms with van der Waals surface area (Å²) >= 11 is 1.66. The van der Waals surface area contributed by atoms with Crippen molar-refractivity contribution in [2.75, 3.05) is 18.6 Å². The van der Waals surface area contributed by atoms with E-state index < -0.39 is 6.04 Å². The van der Waals surface area contributed by atoms with Gasteiger partial charge < -0.3 is 16.2 Å². The molecule has 2 atom stereocenters. The van der Waals surface area contributed by atoms with Crippen molar-refractivity contribution in [1.29, 1.82) is 0 Å². The Bertz CT molecular complexity index is 359. The summed E-state index contributed by atoms with van der Waals surface area (Å²) in [6.07, 6.45) is 2.62. The number of nitrogens with one attached hydrogen (secondary N) is 1. The van der Waals surface area contributed by atoms with Gasteiger partial charge in [0.2, 0.25) is 5.91 Å². The lowest BCUT2D eigenvalue weighted by molar-refractivity contribution is -0.123. The van der Waals surface area contributed by atoms with Gasteiger partial charge in [0.15, 0.2) is 0 Å². The smallest absolute Gasteiger partial charge is 0.237 e. The van der Waals surface area contributed by atoms with E-state index in [1.54, 1.807) is 11.8 Å². The van der Waals surface area contributed by atoms with Crippen LogP contribution in [-0.2, 0) is 4.79 Å². The van der Waals surface area contributed by atoms with Crippen LogP contribution in [0.15, 0.2) is 30.3 Å². The number of nitrogens with two attached hydrogens (primary N) is 1. The van der Waals surface area contributed by atoms with Gasteiger partial charge in [-0.3, -0.25) is 4.79 Å². The third-order valence-corrected chi connectivity index (χ3v) is 3.31. The van der Waals surface area contributed by atoms with E-state index in [9.17, 15) is 9.90 Å². The van der Waals surface area contributed by atoms with Gasteiger partial charge in [0.05, 0.1) is 18.7 Å². The molecule has 0 aliphatic heterocycles. The maximum Gasteiger partial charge on any atom is 0.237 e. The van der Waals surface area contributed by atoms with Crippen molar-refractivity contribution in [2.24, 2.45) is 5.73 Å². The van der Waals surface area contributed by atoms with Crippen LogP contribution in [0.5, 0.6) is 0 Å². The van der Waals surface area contributed by atoms with Crippen LogP contribution < -0.4 is 11.1 Å². The summed E-state index contributed by atoms with van der Waals surface area (Å²) in [4.78, 5) is 11.8. The standard InChI is InChI=1S/C13H20N2O2S/c1-18-8-7-11(14)13(17)15-12(9-16)10-5-3-2-4-6-10/h2-6,11-12,16H,7-9,14H2,1H3,(H,15,17)/t11-,12-/m0/s1. The maximum absolute atomic E-state index is 11.8. The highest BCUT2D eigenvalue weighted by Crippen LogP contribution is 2.12. The Morgan fingerprint density at radius 1 is 1.44 bits per heavy atom. The first-order chi connectivity index (χ1) is 8.69. The van der Waals surface area contributed by atoms with Gasteiger partial charge >= 0.3 is 0 Å². The summed E-state index contributed by atoms with van der Waals surface area (Å²) in [5, 5.41) is 12.1. The van der Waals surface area contributed by atoms with Crippen LogP contribution in [0.3, 0.4) is 0 Å². The van der Waals surface area contributed by atoms with Gasteiger partial charge in [-0.2, -0.15) is 11.8 Å². The molecule has 0 aliphatic carbocycles. The monoisotopic (exact) mass is 268 g/mol. The lowest BCUT2D eigenvalue weighted by Gasteiger charge is -2.19. The van der Waals surface area contributed by atoms with Crippen LogP contribution in [0.2, 0.25) is 0 Å². The lowest BCUT2D eigenvalue weighted by atomic mass is 10.1. The molecule has 1 aromatic carbocycles. The molecule has 0 spiro atoms. The first-order valence-electron chi connectivity index (χ1n) is 5.89. The van der Waals surface area contributed by atoms with Crippen molar-refractivity contribution in [1.82, 2.24) is 5.32 Å². The van der Waals surface area contributed by atoms with Crippen LogP contribution in [0.4, 0.5) is 0 Å². The average molecular weight is 268 g/mol. The van der Waals surface area contributed by atoms with Crippen LogP contribution in [0.1, 0.15) is 18.0 Å². The van der Waals surface area contributed by atoms with Crippen molar-refractivity contribution in [3.05, 3.63) is 35.9 Å². The second-order valence-electron chi connectivity index (χ2n) is 4.04. The molecule has 0 unspecified atom stereocenters. The van der Waals surface area contributed by atoms with Crippen LogP contribution in [-0.4, -0.2) is 35.7 Å². The summed E-state index contributed by atoms with van der Waals surface area (Å²) in [6.45, 7) is -0.134. The third kappa shape index (κ3) is 4.68. The third-order valence-electron chi connectivity index (χ3n) is 2.67. The van der Waals surface area contributed by atoms with Crippen molar-refractivity contribution < 1.29 is 9.90 Å². The number of benzene rings is 1. The van der Waals surface area contributed by atoms with E-state index in [2.05, 4.69) is 5.32 Å². The number of aliphatic hydroxyl groups is 1. The van der Waals surface area contributed by atoms with Gasteiger partial charge in [-0.1, -0.05) is 30.3 Å². The zero-order chi connectivity index (χ0) is 13.4. The molecule has 0 aromatic heterocycles. The fourth-order valence-corrected chi connectivity index (χ4v) is 2.06. The highest BCUT2D eigenvalue weighted by atomic mass is 32.2. The fourth-order valence-electron chi connectivity index (χ4n) is 1.57. The summed E-state index contributed by atoms with van der Waals surface area (Å²) in [7, 11) is 0. The van der Waals surface area contributed by atoms with Crippen LogP contribution in [0, 0.1) is 0 Å². The van der Waals surface area contributed by atoms with Gasteiger partial charge in [0.25, 0.3) is 0 Å². The van der Waals surface area contributed by atoms with Gasteiger partial charge in [-0.25, -0.2) is 0 Å². The number of hydrogen-bond acceptors (Lipinski definition) is 4. The van der Waals surface area contributed by atoms with Gasteiger partial charge in [0, 0.05) is 0 Å². The molecule has 4 nitrogen and oxygen atoms in total. The Balaban J connectivity index is 2.56. The fraction of sp³-hybridized carbons (Fsp3) is 0.462. The molecule has 0 fully saturated rings. The second-order valence-corrected chi connectivity index (χ2v) is 5.03. The summed E-state index contributed by atoms with van der Waals surface area (Å²) < 4.78 is 0. The van der Waals surface area contributed by atoms with Crippen molar-refractivity contribution >= 4 is 17.7 Å². The van der Waals surface area contributed by atoms with E-state index in [1.807, 2.05) is 36.6 Å². The molecule has 0 heterocycles. The topological polar surface area (TPSA) is 75.4 Å². The molecule has 1 aromatic rings. The lowest BCUT2D eigenvalue weighted by Crippen LogP contribution is -2.43. The molecule has 18 heavy (non-hydrogen) atoms. The quantitative estimate of drug-likeness (QED) is 0.687.